The van der Waals surface area contributed by atoms with Gasteiger partial charge in [0.2, 0.25) is 0 Å². The summed E-state index contributed by atoms with van der Waals surface area (Å²) in [6.45, 7) is 3.78. The number of aromatic amines is 1. The van der Waals surface area contributed by atoms with Crippen molar-refractivity contribution in [1.29, 1.82) is 0 Å². The number of H-pyrrole nitrogens is 1. The van der Waals surface area contributed by atoms with Gasteiger partial charge < -0.3 is 9.72 Å². The molecule has 1 heterocycles. The molecular weight excluding hydrogens is 240 g/mol. The zero-order chi connectivity index (χ0) is 13.8. The fourth-order valence-corrected chi connectivity index (χ4v) is 2.10. The van der Waals surface area contributed by atoms with Gasteiger partial charge in [-0.2, -0.15) is 0 Å². The fourth-order valence-electron chi connectivity index (χ4n) is 2.10. The quantitative estimate of drug-likeness (QED) is 0.916. The van der Waals surface area contributed by atoms with E-state index in [2.05, 4.69) is 9.97 Å². The van der Waals surface area contributed by atoms with Crippen molar-refractivity contribution in [3.8, 4) is 0 Å². The zero-order valence-corrected chi connectivity index (χ0v) is 11.4. The van der Waals surface area contributed by atoms with Gasteiger partial charge in [-0.1, -0.05) is 37.3 Å². The van der Waals surface area contributed by atoms with Crippen LogP contribution in [0, 0.1) is 6.92 Å². The average Bonchev–Trinajstić information content (AvgIpc) is 2.44. The molecule has 0 amide bonds. The van der Waals surface area contributed by atoms with Gasteiger partial charge in [-0.15, -0.1) is 0 Å². The second-order valence-corrected chi connectivity index (χ2v) is 4.40. The minimum absolute atomic E-state index is 0.0974. The van der Waals surface area contributed by atoms with Crippen molar-refractivity contribution in [1.82, 2.24) is 9.97 Å². The third kappa shape index (κ3) is 2.74. The number of rotatable bonds is 4. The maximum atomic E-state index is 11.9. The molecule has 1 N–H and O–H groups in total. The summed E-state index contributed by atoms with van der Waals surface area (Å²) >= 11 is 0. The second-order valence-electron chi connectivity index (χ2n) is 4.40. The summed E-state index contributed by atoms with van der Waals surface area (Å²) in [5, 5.41) is 0. The van der Waals surface area contributed by atoms with Gasteiger partial charge in [0.1, 0.15) is 11.9 Å². The van der Waals surface area contributed by atoms with Crippen LogP contribution in [0.4, 0.5) is 0 Å². The first-order valence-electron chi connectivity index (χ1n) is 6.34. The topological polar surface area (TPSA) is 55.0 Å². The molecule has 0 bridgehead atoms. The Kier molecular flexibility index (Phi) is 4.12. The van der Waals surface area contributed by atoms with E-state index in [1.54, 1.807) is 14.0 Å². The molecule has 4 heteroatoms. The van der Waals surface area contributed by atoms with E-state index in [-0.39, 0.29) is 11.7 Å². The van der Waals surface area contributed by atoms with E-state index in [4.69, 9.17) is 4.74 Å². The predicted molar refractivity (Wildman–Crippen MR) is 74.3 cm³/mol. The van der Waals surface area contributed by atoms with E-state index in [0.29, 0.717) is 11.4 Å². The Morgan fingerprint density at radius 3 is 2.58 bits per heavy atom. The Bertz CT molecular complexity index is 605. The van der Waals surface area contributed by atoms with Crippen LogP contribution < -0.4 is 5.56 Å². The molecule has 2 aromatic rings. The normalized spacial score (nSPS) is 12.4. The van der Waals surface area contributed by atoms with Gasteiger partial charge in [0.15, 0.2) is 0 Å². The molecule has 0 aliphatic rings. The van der Waals surface area contributed by atoms with E-state index < -0.39 is 0 Å². The van der Waals surface area contributed by atoms with E-state index in [9.17, 15) is 4.79 Å². The molecule has 4 nitrogen and oxygen atoms in total. The minimum atomic E-state index is -0.347. The Labute approximate surface area is 112 Å². The number of nitrogens with one attached hydrogen (secondary N) is 1. The molecule has 1 aromatic heterocycles. The number of ether oxygens (including phenoxy) is 1. The van der Waals surface area contributed by atoms with Gasteiger partial charge in [0.25, 0.3) is 5.56 Å². The lowest BCUT2D eigenvalue weighted by molar-refractivity contribution is 0.128. The molecule has 1 aromatic carbocycles. The van der Waals surface area contributed by atoms with Crippen LogP contribution in [0.5, 0.6) is 0 Å². The molecule has 1 atom stereocenters. The molecule has 0 aliphatic carbocycles. The van der Waals surface area contributed by atoms with Crippen molar-refractivity contribution >= 4 is 0 Å². The monoisotopic (exact) mass is 258 g/mol. The standard InChI is InChI=1S/C15H18N2O2/c1-4-12-10(2)15(18)17-14(16-12)13(19-3)11-8-6-5-7-9-11/h5-9,13H,4H2,1-3H3,(H,16,17,18). The number of benzene rings is 1. The SMILES string of the molecule is CCc1nc(C(OC)c2ccccc2)[nH]c(=O)c1C. The van der Waals surface area contributed by atoms with Crippen molar-refractivity contribution < 1.29 is 4.74 Å². The molecule has 0 radical (unpaired) electrons. The highest BCUT2D eigenvalue weighted by atomic mass is 16.5. The first kappa shape index (κ1) is 13.5. The lowest BCUT2D eigenvalue weighted by Gasteiger charge is -2.16. The van der Waals surface area contributed by atoms with Crippen LogP contribution >= 0.6 is 0 Å². The maximum Gasteiger partial charge on any atom is 0.254 e. The van der Waals surface area contributed by atoms with Crippen LogP contribution in [0.2, 0.25) is 0 Å². The molecule has 0 saturated carbocycles. The van der Waals surface area contributed by atoms with Gasteiger partial charge in [-0.3, -0.25) is 4.79 Å². The highest BCUT2D eigenvalue weighted by molar-refractivity contribution is 5.25. The second kappa shape index (κ2) is 5.80. The molecule has 2 rings (SSSR count). The van der Waals surface area contributed by atoms with Crippen molar-refractivity contribution in [2.24, 2.45) is 0 Å². The Morgan fingerprint density at radius 2 is 2.00 bits per heavy atom. The third-order valence-corrected chi connectivity index (χ3v) is 3.19. The molecule has 0 aliphatic heterocycles. The van der Waals surface area contributed by atoms with Gasteiger partial charge >= 0.3 is 0 Å². The average molecular weight is 258 g/mol. The summed E-state index contributed by atoms with van der Waals surface area (Å²) in [6, 6.07) is 9.74. The van der Waals surface area contributed by atoms with E-state index in [1.807, 2.05) is 37.3 Å². The minimum Gasteiger partial charge on any atom is -0.369 e. The third-order valence-electron chi connectivity index (χ3n) is 3.19. The number of nitrogens with zero attached hydrogens (tertiary/aromatic N) is 1. The van der Waals surface area contributed by atoms with Gasteiger partial charge in [0.05, 0.1) is 5.69 Å². The molecule has 0 spiro atoms. The van der Waals surface area contributed by atoms with Gasteiger partial charge in [-0.05, 0) is 18.9 Å². The first-order chi connectivity index (χ1) is 9.17. The predicted octanol–water partition coefficient (Wildman–Crippen LogP) is 2.38. The van der Waals surface area contributed by atoms with Gasteiger partial charge in [-0.25, -0.2) is 4.98 Å². The van der Waals surface area contributed by atoms with E-state index >= 15 is 0 Å². The molecule has 19 heavy (non-hydrogen) atoms. The lowest BCUT2D eigenvalue weighted by atomic mass is 10.1. The summed E-state index contributed by atoms with van der Waals surface area (Å²) in [7, 11) is 1.61. The highest BCUT2D eigenvalue weighted by Gasteiger charge is 2.17. The Morgan fingerprint density at radius 1 is 1.32 bits per heavy atom. The molecule has 0 saturated heterocycles. The molecule has 1 unspecified atom stereocenters. The van der Waals surface area contributed by atoms with Crippen LogP contribution in [0.25, 0.3) is 0 Å². The van der Waals surface area contributed by atoms with Crippen LogP contribution in [0.15, 0.2) is 35.1 Å². The molecule has 0 fully saturated rings. The summed E-state index contributed by atoms with van der Waals surface area (Å²) in [4.78, 5) is 19.2. The first-order valence-corrected chi connectivity index (χ1v) is 6.34. The Balaban J connectivity index is 2.51. The summed E-state index contributed by atoms with van der Waals surface area (Å²) in [5.74, 6) is 0.557. The van der Waals surface area contributed by atoms with E-state index in [0.717, 1.165) is 17.7 Å². The number of aryl methyl sites for hydroxylation is 1. The molecule has 100 valence electrons. The number of hydrogen-bond donors (Lipinski definition) is 1. The number of hydrogen-bond acceptors (Lipinski definition) is 3. The van der Waals surface area contributed by atoms with Crippen molar-refractivity contribution in [2.75, 3.05) is 7.11 Å². The van der Waals surface area contributed by atoms with Crippen molar-refractivity contribution in [3.63, 3.8) is 0 Å². The van der Waals surface area contributed by atoms with Crippen LogP contribution in [-0.4, -0.2) is 17.1 Å². The van der Waals surface area contributed by atoms with Crippen LogP contribution in [0.3, 0.4) is 0 Å². The Hall–Kier alpha value is -1.94. The molecular formula is C15H18N2O2. The lowest BCUT2D eigenvalue weighted by Crippen LogP contribution is -2.20. The largest absolute Gasteiger partial charge is 0.369 e. The zero-order valence-electron chi connectivity index (χ0n) is 11.4. The van der Waals surface area contributed by atoms with Gasteiger partial charge in [0, 0.05) is 12.7 Å². The summed E-state index contributed by atoms with van der Waals surface area (Å²) in [5.41, 5.74) is 2.37. The van der Waals surface area contributed by atoms with Crippen LogP contribution in [0.1, 0.15) is 35.7 Å². The van der Waals surface area contributed by atoms with Crippen molar-refractivity contribution in [3.05, 3.63) is 63.3 Å². The highest BCUT2D eigenvalue weighted by Crippen LogP contribution is 2.21. The van der Waals surface area contributed by atoms with E-state index in [1.165, 1.54) is 0 Å². The van der Waals surface area contributed by atoms with Crippen molar-refractivity contribution in [2.45, 2.75) is 26.4 Å². The maximum absolute atomic E-state index is 11.9. The number of aromatic nitrogens is 2. The number of methoxy groups -OCH3 is 1. The fraction of sp³-hybridized carbons (Fsp3) is 0.333. The smallest absolute Gasteiger partial charge is 0.254 e. The van der Waals surface area contributed by atoms with Crippen LogP contribution in [-0.2, 0) is 11.2 Å². The summed E-state index contributed by atoms with van der Waals surface area (Å²) < 4.78 is 5.48. The summed E-state index contributed by atoms with van der Waals surface area (Å²) in [6.07, 6.45) is 0.383.